The molecule has 124 valence electrons. The second-order valence-electron chi connectivity index (χ2n) is 4.56. The Kier molecular flexibility index (Phi) is 5.68. The number of non-ortho nitro benzene ring substituents is 1. The number of carbonyl (C=O) groups is 1. The van der Waals surface area contributed by atoms with Crippen LogP contribution in [0.15, 0.2) is 41.5 Å². The molecule has 2 aromatic rings. The van der Waals surface area contributed by atoms with Gasteiger partial charge in [0.05, 0.1) is 21.8 Å². The van der Waals surface area contributed by atoms with Gasteiger partial charge in [0.2, 0.25) is 0 Å². The zero-order valence-corrected chi connectivity index (χ0v) is 14.6. The summed E-state index contributed by atoms with van der Waals surface area (Å²) in [5.74, 6) is -0.170. The number of rotatable bonds is 5. The molecule has 0 bridgehead atoms. The summed E-state index contributed by atoms with van der Waals surface area (Å²) >= 11 is 1.95. The lowest BCUT2D eigenvalue weighted by Gasteiger charge is -2.06. The maximum absolute atomic E-state index is 11.9. The number of halogens is 1. The van der Waals surface area contributed by atoms with E-state index in [4.69, 9.17) is 4.74 Å². The fourth-order valence-electron chi connectivity index (χ4n) is 1.79. The number of aromatic hydroxyl groups is 1. The molecule has 2 aromatic carbocycles. The quantitative estimate of drug-likeness (QED) is 0.321. The first-order valence-corrected chi connectivity index (χ1v) is 7.64. The number of ether oxygens (including phenoxy) is 1. The zero-order chi connectivity index (χ0) is 17.7. The van der Waals surface area contributed by atoms with Crippen LogP contribution in [0.5, 0.6) is 11.5 Å². The number of phenolic OH excluding ortho intramolecular Hbond substituents is 1. The minimum Gasteiger partial charge on any atom is -0.504 e. The molecule has 0 aliphatic carbocycles. The Bertz CT molecular complexity index is 806. The molecule has 24 heavy (non-hydrogen) atoms. The standard InChI is InChI=1S/C15H12IN3O5/c1-24-13-7-9(6-12(16)14(13)20)8-17-18-15(21)10-2-4-11(5-3-10)19(22)23/h2-8,20H,1H3,(H,18,21)/b17-8-. The molecule has 0 spiro atoms. The van der Waals surface area contributed by atoms with Crippen molar-refractivity contribution in [1.82, 2.24) is 5.43 Å². The first-order chi connectivity index (χ1) is 11.4. The van der Waals surface area contributed by atoms with Gasteiger partial charge >= 0.3 is 0 Å². The van der Waals surface area contributed by atoms with Gasteiger partial charge in [0, 0.05) is 17.7 Å². The van der Waals surface area contributed by atoms with Crippen LogP contribution in [-0.4, -0.2) is 29.3 Å². The lowest BCUT2D eigenvalue weighted by molar-refractivity contribution is -0.384. The van der Waals surface area contributed by atoms with E-state index in [1.54, 1.807) is 12.1 Å². The molecule has 0 fully saturated rings. The molecule has 0 aliphatic rings. The summed E-state index contributed by atoms with van der Waals surface area (Å²) in [6, 6.07) is 8.40. The van der Waals surface area contributed by atoms with Gasteiger partial charge in [-0.05, 0) is 52.4 Å². The van der Waals surface area contributed by atoms with Crippen LogP contribution < -0.4 is 10.2 Å². The van der Waals surface area contributed by atoms with Gasteiger partial charge in [0.1, 0.15) is 0 Å². The third-order valence-electron chi connectivity index (χ3n) is 2.99. The summed E-state index contributed by atoms with van der Waals surface area (Å²) in [4.78, 5) is 21.9. The molecule has 9 heteroatoms. The summed E-state index contributed by atoms with van der Waals surface area (Å²) < 4.78 is 5.61. The molecular formula is C15H12IN3O5. The largest absolute Gasteiger partial charge is 0.504 e. The number of benzene rings is 2. The van der Waals surface area contributed by atoms with Crippen molar-refractivity contribution in [1.29, 1.82) is 0 Å². The topological polar surface area (TPSA) is 114 Å². The van der Waals surface area contributed by atoms with Gasteiger partial charge < -0.3 is 9.84 Å². The molecule has 8 nitrogen and oxygen atoms in total. The Morgan fingerprint density at radius 1 is 1.38 bits per heavy atom. The molecule has 2 N–H and O–H groups in total. The molecule has 2 rings (SSSR count). The highest BCUT2D eigenvalue weighted by molar-refractivity contribution is 14.1. The van der Waals surface area contributed by atoms with Gasteiger partial charge in [0.25, 0.3) is 11.6 Å². The Balaban J connectivity index is 2.07. The Morgan fingerprint density at radius 2 is 2.04 bits per heavy atom. The second-order valence-corrected chi connectivity index (χ2v) is 5.72. The van der Waals surface area contributed by atoms with Crippen LogP contribution in [0.2, 0.25) is 0 Å². The van der Waals surface area contributed by atoms with Gasteiger partial charge in [0.15, 0.2) is 11.5 Å². The SMILES string of the molecule is COc1cc(/C=N\NC(=O)c2ccc([N+](=O)[O-])cc2)cc(I)c1O. The highest BCUT2D eigenvalue weighted by atomic mass is 127. The first-order valence-electron chi connectivity index (χ1n) is 6.56. The monoisotopic (exact) mass is 441 g/mol. The Morgan fingerprint density at radius 3 is 2.62 bits per heavy atom. The van der Waals surface area contributed by atoms with Crippen molar-refractivity contribution in [3.63, 3.8) is 0 Å². The summed E-state index contributed by atoms with van der Waals surface area (Å²) in [6.07, 6.45) is 1.40. The van der Waals surface area contributed by atoms with Gasteiger partial charge in [-0.25, -0.2) is 5.43 Å². The van der Waals surface area contributed by atoms with Crippen molar-refractivity contribution in [2.45, 2.75) is 0 Å². The van der Waals surface area contributed by atoms with E-state index in [1.807, 2.05) is 22.6 Å². The molecule has 0 aromatic heterocycles. The highest BCUT2D eigenvalue weighted by Gasteiger charge is 2.09. The van der Waals surface area contributed by atoms with Gasteiger partial charge in [-0.1, -0.05) is 0 Å². The smallest absolute Gasteiger partial charge is 0.271 e. The number of phenols is 1. The number of nitrogens with one attached hydrogen (secondary N) is 1. The molecule has 0 atom stereocenters. The van der Waals surface area contributed by atoms with Crippen molar-refractivity contribution in [2.75, 3.05) is 7.11 Å². The number of amides is 1. The van der Waals surface area contributed by atoms with Gasteiger partial charge in [-0.3, -0.25) is 14.9 Å². The number of hydrogen-bond acceptors (Lipinski definition) is 6. The van der Waals surface area contributed by atoms with Crippen molar-refractivity contribution in [3.05, 3.63) is 61.2 Å². The molecule has 0 saturated carbocycles. The van der Waals surface area contributed by atoms with E-state index in [9.17, 15) is 20.0 Å². The van der Waals surface area contributed by atoms with Crippen molar-refractivity contribution < 1.29 is 19.6 Å². The average Bonchev–Trinajstić information content (AvgIpc) is 2.57. The van der Waals surface area contributed by atoms with E-state index in [1.165, 1.54) is 37.6 Å². The van der Waals surface area contributed by atoms with Crippen molar-refractivity contribution in [2.24, 2.45) is 5.10 Å². The number of carbonyl (C=O) groups excluding carboxylic acids is 1. The van der Waals surface area contributed by atoms with E-state index >= 15 is 0 Å². The average molecular weight is 441 g/mol. The fourth-order valence-corrected chi connectivity index (χ4v) is 2.41. The number of hydrazone groups is 1. The van der Waals surface area contributed by atoms with Crippen LogP contribution in [0, 0.1) is 13.7 Å². The summed E-state index contributed by atoms with van der Waals surface area (Å²) in [6.45, 7) is 0. The molecule has 0 aliphatic heterocycles. The predicted octanol–water partition coefficient (Wildman–Crippen LogP) is 2.68. The number of nitro benzene ring substituents is 1. The summed E-state index contributed by atoms with van der Waals surface area (Å²) in [5, 5.41) is 24.1. The number of hydrogen-bond donors (Lipinski definition) is 2. The van der Waals surface area contributed by atoms with Crippen LogP contribution in [-0.2, 0) is 0 Å². The van der Waals surface area contributed by atoms with Crippen LogP contribution in [0.4, 0.5) is 5.69 Å². The molecule has 0 heterocycles. The van der Waals surface area contributed by atoms with Crippen LogP contribution in [0.25, 0.3) is 0 Å². The summed E-state index contributed by atoms with van der Waals surface area (Å²) in [7, 11) is 1.43. The first kappa shape index (κ1) is 17.7. The maximum atomic E-state index is 11.9. The number of nitrogens with zero attached hydrogens (tertiary/aromatic N) is 2. The fraction of sp³-hybridized carbons (Fsp3) is 0.0667. The Labute approximate surface area is 150 Å². The number of nitro groups is 1. The van der Waals surface area contributed by atoms with E-state index < -0.39 is 10.8 Å². The lowest BCUT2D eigenvalue weighted by Crippen LogP contribution is -2.17. The molecule has 0 radical (unpaired) electrons. The van der Waals surface area contributed by atoms with E-state index in [0.29, 0.717) is 14.9 Å². The van der Waals surface area contributed by atoms with Crippen LogP contribution in [0.3, 0.4) is 0 Å². The molecule has 0 saturated heterocycles. The third-order valence-corrected chi connectivity index (χ3v) is 3.81. The molecular weight excluding hydrogens is 429 g/mol. The van der Waals surface area contributed by atoms with Crippen LogP contribution >= 0.6 is 22.6 Å². The predicted molar refractivity (Wildman–Crippen MR) is 95.5 cm³/mol. The highest BCUT2D eigenvalue weighted by Crippen LogP contribution is 2.31. The van der Waals surface area contributed by atoms with E-state index in [0.717, 1.165) is 0 Å². The normalized spacial score (nSPS) is 10.6. The summed E-state index contributed by atoms with van der Waals surface area (Å²) in [5.41, 5.74) is 3.10. The molecule has 1 amide bonds. The van der Waals surface area contributed by atoms with Crippen molar-refractivity contribution >= 4 is 40.4 Å². The minimum atomic E-state index is -0.542. The van der Waals surface area contributed by atoms with Gasteiger partial charge in [-0.2, -0.15) is 5.10 Å². The zero-order valence-electron chi connectivity index (χ0n) is 12.4. The lowest BCUT2D eigenvalue weighted by atomic mass is 10.2. The minimum absolute atomic E-state index is 0.0326. The molecule has 0 unspecified atom stereocenters. The van der Waals surface area contributed by atoms with E-state index in [-0.39, 0.29) is 17.0 Å². The maximum Gasteiger partial charge on any atom is 0.271 e. The van der Waals surface area contributed by atoms with Gasteiger partial charge in [-0.15, -0.1) is 0 Å². The number of methoxy groups -OCH3 is 1. The van der Waals surface area contributed by atoms with Crippen LogP contribution in [0.1, 0.15) is 15.9 Å². The Hall–Kier alpha value is -2.69. The van der Waals surface area contributed by atoms with Crippen molar-refractivity contribution in [3.8, 4) is 11.5 Å². The third kappa shape index (κ3) is 4.19. The van der Waals surface area contributed by atoms with E-state index in [2.05, 4.69) is 10.5 Å². The second kappa shape index (κ2) is 7.73.